The maximum absolute atomic E-state index is 13.5. The van der Waals surface area contributed by atoms with Crippen LogP contribution in [0.5, 0.6) is 0 Å². The Morgan fingerprint density at radius 3 is 2.04 bits per heavy atom. The molecule has 6 heteroatoms. The van der Waals surface area contributed by atoms with E-state index in [2.05, 4.69) is 104 Å². The number of aliphatic carboxylic acids is 1. The monoisotopic (exact) mass is 776 g/mol. The number of fused-ring (bicyclic) bond motifs is 7. The predicted molar refractivity (Wildman–Crippen MR) is 233 cm³/mol. The van der Waals surface area contributed by atoms with E-state index in [1.165, 1.54) is 62.5 Å². The quantitative estimate of drug-likeness (QED) is 0.190. The van der Waals surface area contributed by atoms with Crippen molar-refractivity contribution in [3.8, 4) is 38.5 Å². The van der Waals surface area contributed by atoms with E-state index in [0.717, 1.165) is 45.3 Å². The summed E-state index contributed by atoms with van der Waals surface area (Å²) in [4.78, 5) is 25.0. The summed E-state index contributed by atoms with van der Waals surface area (Å²) >= 11 is 0. The van der Waals surface area contributed by atoms with Gasteiger partial charge in [-0.1, -0.05) is 66.2 Å². The van der Waals surface area contributed by atoms with E-state index >= 15 is 0 Å². The molecule has 0 spiro atoms. The summed E-state index contributed by atoms with van der Waals surface area (Å²) < 4.78 is 15.1. The summed E-state index contributed by atoms with van der Waals surface area (Å²) in [6.45, 7) is 22.0. The van der Waals surface area contributed by atoms with Crippen molar-refractivity contribution < 1.29 is 23.8 Å². The SMILES string of the molecule is C#C.C#C.C#C.C=CC.CC/C=C(\CCC(=O)O)C1=CC[C@@]2(C)C(CC[C@]3(C)C2CC[C@@H]2C4CCC[C@]4(NC(=O)CC4CCOCC4)CC[C@]23C)C1(C)C.CF. The van der Waals surface area contributed by atoms with Gasteiger partial charge in [-0.15, -0.1) is 45.1 Å². The van der Waals surface area contributed by atoms with Gasteiger partial charge in [0, 0.05) is 31.6 Å². The lowest BCUT2D eigenvalue weighted by atomic mass is 9.33. The van der Waals surface area contributed by atoms with Gasteiger partial charge in [0.25, 0.3) is 0 Å². The van der Waals surface area contributed by atoms with Crippen LogP contribution < -0.4 is 5.32 Å². The highest BCUT2D eigenvalue weighted by atomic mass is 19.1. The fourth-order valence-corrected chi connectivity index (χ4v) is 13.3. The summed E-state index contributed by atoms with van der Waals surface area (Å²) in [5.74, 6) is 2.68. The second-order valence-corrected chi connectivity index (χ2v) is 18.1. The van der Waals surface area contributed by atoms with Crippen molar-refractivity contribution in [3.63, 3.8) is 0 Å². The highest BCUT2D eigenvalue weighted by Crippen LogP contribution is 2.76. The van der Waals surface area contributed by atoms with Gasteiger partial charge in [0.05, 0.1) is 7.18 Å². The molecular weight excluding hydrogens is 698 g/mol. The van der Waals surface area contributed by atoms with Gasteiger partial charge in [-0.25, -0.2) is 0 Å². The largest absolute Gasteiger partial charge is 0.481 e. The molecule has 3 unspecified atom stereocenters. The number of allylic oxidation sites excluding steroid dienone is 5. The van der Waals surface area contributed by atoms with Crippen LogP contribution in [0.1, 0.15) is 151 Å². The number of halogens is 1. The molecule has 56 heavy (non-hydrogen) atoms. The maximum atomic E-state index is 13.5. The fourth-order valence-electron chi connectivity index (χ4n) is 13.3. The number of hydrogen-bond acceptors (Lipinski definition) is 3. The van der Waals surface area contributed by atoms with Gasteiger partial charge in [0.2, 0.25) is 5.91 Å². The second kappa shape index (κ2) is 22.6. The Hall–Kier alpha value is -3.27. The van der Waals surface area contributed by atoms with Crippen LogP contribution in [0.3, 0.4) is 0 Å². The summed E-state index contributed by atoms with van der Waals surface area (Å²) in [6.07, 6.45) is 47.5. The second-order valence-electron chi connectivity index (χ2n) is 18.1. The average molecular weight is 776 g/mol. The Morgan fingerprint density at radius 2 is 1.46 bits per heavy atom. The first kappa shape index (κ1) is 50.7. The molecule has 6 rings (SSSR count). The molecule has 2 N–H and O–H groups in total. The number of rotatable bonds is 8. The number of terminal acetylenes is 3. The van der Waals surface area contributed by atoms with E-state index in [0.29, 0.717) is 66.3 Å². The Bertz CT molecular complexity index is 1380. The Kier molecular flexibility index (Phi) is 20.5. The first-order valence-corrected chi connectivity index (χ1v) is 21.2. The van der Waals surface area contributed by atoms with E-state index in [1.54, 1.807) is 6.08 Å². The van der Waals surface area contributed by atoms with Crippen molar-refractivity contribution in [1.82, 2.24) is 5.32 Å². The van der Waals surface area contributed by atoms with Crippen LogP contribution in [0.25, 0.3) is 0 Å². The Balaban J connectivity index is 0.00000130. The molecule has 5 fully saturated rings. The smallest absolute Gasteiger partial charge is 0.303 e. The molecule has 1 heterocycles. The number of carbonyl (C=O) groups is 2. The third-order valence-electron chi connectivity index (χ3n) is 15.5. The van der Waals surface area contributed by atoms with Crippen LogP contribution >= 0.6 is 0 Å². The first-order valence-electron chi connectivity index (χ1n) is 21.2. The molecule has 1 saturated heterocycles. The molecule has 5 nitrogen and oxygen atoms in total. The number of hydrogen-bond donors (Lipinski definition) is 2. The van der Waals surface area contributed by atoms with Crippen LogP contribution in [0.4, 0.5) is 4.39 Å². The average Bonchev–Trinajstić information content (AvgIpc) is 3.61. The van der Waals surface area contributed by atoms with Gasteiger partial charge in [-0.05, 0) is 153 Å². The van der Waals surface area contributed by atoms with Gasteiger partial charge in [0.15, 0.2) is 0 Å². The summed E-state index contributed by atoms with van der Waals surface area (Å²) in [5, 5.41) is 13.2. The highest BCUT2D eigenvalue weighted by Gasteiger charge is 2.69. The highest BCUT2D eigenvalue weighted by molar-refractivity contribution is 5.77. The summed E-state index contributed by atoms with van der Waals surface area (Å²) in [6, 6.07) is 0. The van der Waals surface area contributed by atoms with E-state index in [-0.39, 0.29) is 22.8 Å². The zero-order chi connectivity index (χ0) is 43.0. The van der Waals surface area contributed by atoms with E-state index in [4.69, 9.17) is 4.74 Å². The molecule has 8 atom stereocenters. The minimum atomic E-state index is -0.702. The molecule has 0 aromatic rings. The molecule has 0 aromatic carbocycles. The van der Waals surface area contributed by atoms with Gasteiger partial charge < -0.3 is 15.2 Å². The van der Waals surface area contributed by atoms with E-state index in [1.807, 2.05) is 6.92 Å². The van der Waals surface area contributed by atoms with Crippen molar-refractivity contribution in [3.05, 3.63) is 36.0 Å². The van der Waals surface area contributed by atoms with E-state index < -0.39 is 5.97 Å². The van der Waals surface area contributed by atoms with Gasteiger partial charge in [-0.2, -0.15) is 0 Å². The Morgan fingerprint density at radius 1 is 0.857 bits per heavy atom. The normalized spacial score (nSPS) is 34.9. The molecule has 6 aliphatic rings. The molecule has 0 bridgehead atoms. The fraction of sp³-hybridized carbons (Fsp3) is 0.720. The molecule has 4 saturated carbocycles. The minimum Gasteiger partial charge on any atom is -0.481 e. The zero-order valence-corrected chi connectivity index (χ0v) is 36.6. The number of nitrogens with one attached hydrogen (secondary N) is 1. The molecule has 0 aromatic heterocycles. The van der Waals surface area contributed by atoms with Crippen molar-refractivity contribution in [2.75, 3.05) is 20.4 Å². The third-order valence-corrected chi connectivity index (χ3v) is 15.5. The number of carboxylic acids is 1. The van der Waals surface area contributed by atoms with Gasteiger partial charge >= 0.3 is 5.97 Å². The van der Waals surface area contributed by atoms with Crippen LogP contribution in [0, 0.1) is 89.8 Å². The van der Waals surface area contributed by atoms with Gasteiger partial charge in [-0.3, -0.25) is 14.0 Å². The molecule has 0 radical (unpaired) electrons. The van der Waals surface area contributed by atoms with Crippen molar-refractivity contribution in [2.45, 2.75) is 157 Å². The lowest BCUT2D eigenvalue weighted by Gasteiger charge is -2.72. The zero-order valence-electron chi connectivity index (χ0n) is 36.6. The van der Waals surface area contributed by atoms with Crippen LogP contribution in [-0.4, -0.2) is 42.9 Å². The van der Waals surface area contributed by atoms with Crippen LogP contribution in [0.2, 0.25) is 0 Å². The molecule has 1 amide bonds. The molecule has 5 aliphatic carbocycles. The topological polar surface area (TPSA) is 75.6 Å². The van der Waals surface area contributed by atoms with E-state index in [9.17, 15) is 19.1 Å². The number of ether oxygens (including phenoxy) is 1. The predicted octanol–water partition coefficient (Wildman–Crippen LogP) is 11.8. The summed E-state index contributed by atoms with van der Waals surface area (Å²) in [5.41, 5.74) is 3.61. The lowest BCUT2D eigenvalue weighted by molar-refractivity contribution is -0.218. The van der Waals surface area contributed by atoms with Gasteiger partial charge in [0.1, 0.15) is 0 Å². The number of carbonyl (C=O) groups excluding carboxylic acids is 1. The lowest BCUT2D eigenvalue weighted by Crippen LogP contribution is -2.67. The number of amides is 1. The molecule has 314 valence electrons. The van der Waals surface area contributed by atoms with Crippen molar-refractivity contribution in [2.24, 2.45) is 51.2 Å². The first-order chi connectivity index (χ1) is 26.7. The third kappa shape index (κ3) is 10.0. The van der Waals surface area contributed by atoms with Crippen molar-refractivity contribution in [1.29, 1.82) is 0 Å². The summed E-state index contributed by atoms with van der Waals surface area (Å²) in [7, 11) is 0.500. The maximum Gasteiger partial charge on any atom is 0.303 e. The van der Waals surface area contributed by atoms with Crippen molar-refractivity contribution >= 4 is 11.9 Å². The number of carboxylic acid groups (broad SMARTS) is 1. The van der Waals surface area contributed by atoms with Crippen LogP contribution in [-0.2, 0) is 14.3 Å². The standard InChI is InChI=1S/C40H63NO4.C3H6.3C2H2.CH3F/c1-7-9-28(11-14-35(43)44)29-15-20-37(4)32(36(29,2)3)16-21-39(6)33(37)13-12-30-31-10-8-19-40(31,23-22-38(30,39)5)41-34(42)26-27-17-24-45-25-18-27;1-3-2;4*1-2/h9,15,27,30-33H,7-8,10-14,16-26H2,1-6H3,(H,41,42)(H,43,44);3H,1H2,2H3;3*1-2H;1H3/b28-9+;;;;;/t30-,31?,32?,33?,37+,38-,39-,40+;;;;;/m1...../s1. The number of alkyl halides is 1. The Labute approximate surface area is 342 Å². The van der Waals surface area contributed by atoms with Crippen LogP contribution in [0.15, 0.2) is 36.0 Å². The minimum absolute atomic E-state index is 0.0131. The molecule has 1 aliphatic heterocycles. The molecular formula is C50H78FNO4.